The predicted molar refractivity (Wildman–Crippen MR) is 94.5 cm³/mol. The Balaban J connectivity index is 1.46. The Bertz CT molecular complexity index is 452. The van der Waals surface area contributed by atoms with E-state index in [-0.39, 0.29) is 17.7 Å². The first-order valence-corrected chi connectivity index (χ1v) is 9.94. The summed E-state index contributed by atoms with van der Waals surface area (Å²) in [6.45, 7) is 7.71. The molecule has 2 saturated heterocycles. The number of carbonyl (C=O) groups is 2. The Labute approximate surface area is 146 Å². The van der Waals surface area contributed by atoms with E-state index in [0.717, 1.165) is 51.2 Å². The van der Waals surface area contributed by atoms with Crippen molar-refractivity contribution < 1.29 is 9.59 Å². The molecule has 1 unspecified atom stereocenters. The smallest absolute Gasteiger partial charge is 0.227 e. The predicted octanol–water partition coefficient (Wildman–Crippen LogP) is 2.01. The minimum atomic E-state index is -0.117. The van der Waals surface area contributed by atoms with Crippen molar-refractivity contribution in [2.45, 2.75) is 70.9 Å². The van der Waals surface area contributed by atoms with Crippen LogP contribution in [0.1, 0.15) is 58.8 Å². The Morgan fingerprint density at radius 2 is 1.83 bits per heavy atom. The minimum Gasteiger partial charge on any atom is -0.342 e. The summed E-state index contributed by atoms with van der Waals surface area (Å²) in [4.78, 5) is 29.0. The largest absolute Gasteiger partial charge is 0.342 e. The van der Waals surface area contributed by atoms with E-state index < -0.39 is 0 Å². The lowest BCUT2D eigenvalue weighted by Gasteiger charge is -2.34. The second-order valence-electron chi connectivity index (χ2n) is 7.87. The van der Waals surface area contributed by atoms with Gasteiger partial charge in [-0.2, -0.15) is 0 Å². The van der Waals surface area contributed by atoms with Crippen LogP contribution in [0.15, 0.2) is 0 Å². The highest BCUT2D eigenvalue weighted by molar-refractivity contribution is 5.89. The van der Waals surface area contributed by atoms with Crippen LogP contribution in [0.4, 0.5) is 0 Å². The van der Waals surface area contributed by atoms with Gasteiger partial charge in [0.05, 0.1) is 5.92 Å². The molecule has 5 nitrogen and oxygen atoms in total. The van der Waals surface area contributed by atoms with Crippen molar-refractivity contribution in [1.29, 1.82) is 0 Å². The van der Waals surface area contributed by atoms with Gasteiger partial charge >= 0.3 is 0 Å². The van der Waals surface area contributed by atoms with Gasteiger partial charge in [0.15, 0.2) is 0 Å². The van der Waals surface area contributed by atoms with Gasteiger partial charge in [-0.3, -0.25) is 9.59 Å². The number of amides is 2. The SMILES string of the molecule is CCC(CC)N1CC(C(=O)N2CCC(NCC3CC3)CC2)CC1=O. The lowest BCUT2D eigenvalue weighted by Crippen LogP contribution is -2.47. The summed E-state index contributed by atoms with van der Waals surface area (Å²) in [5.74, 6) is 1.17. The number of piperidine rings is 1. The molecule has 1 atom stereocenters. The number of nitrogens with one attached hydrogen (secondary N) is 1. The standard InChI is InChI=1S/C19H33N3O2/c1-3-17(4-2)22-13-15(11-18(22)23)19(24)21-9-7-16(8-10-21)20-12-14-5-6-14/h14-17,20H,3-13H2,1-2H3. The fraction of sp³-hybridized carbons (Fsp3) is 0.895. The molecule has 1 saturated carbocycles. The molecule has 5 heteroatoms. The number of hydrogen-bond acceptors (Lipinski definition) is 3. The number of nitrogens with zero attached hydrogens (tertiary/aromatic N) is 2. The van der Waals surface area contributed by atoms with Gasteiger partial charge in [0, 0.05) is 38.1 Å². The molecule has 0 bridgehead atoms. The summed E-state index contributed by atoms with van der Waals surface area (Å²) >= 11 is 0. The van der Waals surface area contributed by atoms with E-state index in [1.807, 2.05) is 9.80 Å². The van der Waals surface area contributed by atoms with Gasteiger partial charge in [-0.1, -0.05) is 13.8 Å². The summed E-state index contributed by atoms with van der Waals surface area (Å²) in [6, 6.07) is 0.869. The lowest BCUT2D eigenvalue weighted by molar-refractivity contribution is -0.136. The molecule has 3 aliphatic rings. The minimum absolute atomic E-state index is 0.117. The zero-order valence-corrected chi connectivity index (χ0v) is 15.3. The third kappa shape index (κ3) is 4.11. The van der Waals surface area contributed by atoms with Crippen molar-refractivity contribution in [3.05, 3.63) is 0 Å². The number of hydrogen-bond donors (Lipinski definition) is 1. The molecule has 136 valence electrons. The van der Waals surface area contributed by atoms with Gasteiger partial charge < -0.3 is 15.1 Å². The Morgan fingerprint density at radius 3 is 2.42 bits per heavy atom. The molecule has 3 fully saturated rings. The van der Waals surface area contributed by atoms with Crippen molar-refractivity contribution in [2.24, 2.45) is 11.8 Å². The molecule has 0 spiro atoms. The van der Waals surface area contributed by atoms with Crippen LogP contribution >= 0.6 is 0 Å². The van der Waals surface area contributed by atoms with Crippen LogP contribution in [0.5, 0.6) is 0 Å². The van der Waals surface area contributed by atoms with Crippen molar-refractivity contribution in [3.63, 3.8) is 0 Å². The molecule has 1 aliphatic carbocycles. The highest BCUT2D eigenvalue weighted by atomic mass is 16.2. The van der Waals surface area contributed by atoms with Gasteiger partial charge in [-0.25, -0.2) is 0 Å². The molecular weight excluding hydrogens is 302 g/mol. The first-order valence-electron chi connectivity index (χ1n) is 9.94. The van der Waals surface area contributed by atoms with Gasteiger partial charge in [-0.15, -0.1) is 0 Å². The van der Waals surface area contributed by atoms with E-state index in [0.29, 0.717) is 25.0 Å². The summed E-state index contributed by atoms with van der Waals surface area (Å²) in [5, 5.41) is 3.66. The highest BCUT2D eigenvalue weighted by Gasteiger charge is 2.39. The number of carbonyl (C=O) groups excluding carboxylic acids is 2. The van der Waals surface area contributed by atoms with Crippen LogP contribution in [0, 0.1) is 11.8 Å². The molecule has 24 heavy (non-hydrogen) atoms. The molecule has 0 aromatic rings. The van der Waals surface area contributed by atoms with Crippen LogP contribution in [-0.2, 0) is 9.59 Å². The number of rotatable bonds is 7. The van der Waals surface area contributed by atoms with E-state index in [1.165, 1.54) is 12.8 Å². The van der Waals surface area contributed by atoms with E-state index >= 15 is 0 Å². The quantitative estimate of drug-likeness (QED) is 0.774. The van der Waals surface area contributed by atoms with Gasteiger partial charge in [-0.05, 0) is 51.0 Å². The molecule has 0 aromatic carbocycles. The first kappa shape index (κ1) is 17.7. The Kier molecular flexibility index (Phi) is 5.80. The summed E-state index contributed by atoms with van der Waals surface area (Å²) < 4.78 is 0. The first-order chi connectivity index (χ1) is 11.6. The van der Waals surface area contributed by atoms with Gasteiger partial charge in [0.1, 0.15) is 0 Å². The summed E-state index contributed by atoms with van der Waals surface area (Å²) in [5.41, 5.74) is 0. The fourth-order valence-electron chi connectivity index (χ4n) is 4.20. The third-order valence-corrected chi connectivity index (χ3v) is 6.09. The van der Waals surface area contributed by atoms with Crippen molar-refractivity contribution >= 4 is 11.8 Å². The Morgan fingerprint density at radius 1 is 1.17 bits per heavy atom. The molecule has 2 heterocycles. The molecular formula is C19H33N3O2. The third-order valence-electron chi connectivity index (χ3n) is 6.09. The maximum atomic E-state index is 12.8. The zero-order chi connectivity index (χ0) is 17.1. The molecule has 0 aromatic heterocycles. The van der Waals surface area contributed by atoms with Crippen LogP contribution in [0.3, 0.4) is 0 Å². The normalized spacial score (nSPS) is 25.8. The molecule has 2 aliphatic heterocycles. The Hall–Kier alpha value is -1.10. The topological polar surface area (TPSA) is 52.7 Å². The zero-order valence-electron chi connectivity index (χ0n) is 15.3. The van der Waals surface area contributed by atoms with Crippen LogP contribution < -0.4 is 5.32 Å². The summed E-state index contributed by atoms with van der Waals surface area (Å²) in [6.07, 6.45) is 7.22. The lowest BCUT2D eigenvalue weighted by atomic mass is 10.0. The van der Waals surface area contributed by atoms with E-state index in [9.17, 15) is 9.59 Å². The molecule has 0 radical (unpaired) electrons. The number of likely N-dealkylation sites (tertiary alicyclic amines) is 2. The van der Waals surface area contributed by atoms with Crippen LogP contribution in [0.2, 0.25) is 0 Å². The van der Waals surface area contributed by atoms with E-state index in [4.69, 9.17) is 0 Å². The van der Waals surface area contributed by atoms with E-state index in [2.05, 4.69) is 19.2 Å². The highest BCUT2D eigenvalue weighted by Crippen LogP contribution is 2.29. The van der Waals surface area contributed by atoms with Crippen LogP contribution in [0.25, 0.3) is 0 Å². The maximum absolute atomic E-state index is 12.8. The van der Waals surface area contributed by atoms with Crippen molar-refractivity contribution in [3.8, 4) is 0 Å². The second-order valence-corrected chi connectivity index (χ2v) is 7.87. The average molecular weight is 335 g/mol. The second kappa shape index (κ2) is 7.85. The van der Waals surface area contributed by atoms with Crippen molar-refractivity contribution in [2.75, 3.05) is 26.2 Å². The van der Waals surface area contributed by atoms with Crippen LogP contribution in [-0.4, -0.2) is 59.9 Å². The molecule has 2 amide bonds. The van der Waals surface area contributed by atoms with E-state index in [1.54, 1.807) is 0 Å². The fourth-order valence-corrected chi connectivity index (χ4v) is 4.20. The molecule has 3 rings (SSSR count). The average Bonchev–Trinajstić information content (AvgIpc) is 3.36. The maximum Gasteiger partial charge on any atom is 0.227 e. The summed E-state index contributed by atoms with van der Waals surface area (Å²) in [7, 11) is 0. The monoisotopic (exact) mass is 335 g/mol. The van der Waals surface area contributed by atoms with Gasteiger partial charge in [0.2, 0.25) is 11.8 Å². The van der Waals surface area contributed by atoms with Gasteiger partial charge in [0.25, 0.3) is 0 Å². The van der Waals surface area contributed by atoms with Crippen molar-refractivity contribution in [1.82, 2.24) is 15.1 Å². The molecule has 1 N–H and O–H groups in total.